The van der Waals surface area contributed by atoms with Gasteiger partial charge in [-0.1, -0.05) is 34.6 Å². The average molecular weight is 273 g/mol. The van der Waals surface area contributed by atoms with Crippen LogP contribution in [-0.2, 0) is 14.3 Å². The van der Waals surface area contributed by atoms with Crippen molar-refractivity contribution in [1.29, 1.82) is 0 Å². The number of esters is 1. The Morgan fingerprint density at radius 2 is 1.79 bits per heavy atom. The molecule has 1 N–H and O–H groups in total. The standard InChI is InChI=1S/C14H27NO4/c1-10(2)8-7-9-19-12(16)11(14(3,4)5)15-13(17)18-6/h10-11H,7-9H2,1-6H3,(H,15,17). The summed E-state index contributed by atoms with van der Waals surface area (Å²) in [6.07, 6.45) is 1.22. The van der Waals surface area contributed by atoms with E-state index >= 15 is 0 Å². The molecule has 0 aromatic rings. The van der Waals surface area contributed by atoms with Crippen molar-refractivity contribution in [2.45, 2.75) is 53.5 Å². The number of carbonyl (C=O) groups excluding carboxylic acids is 2. The van der Waals surface area contributed by atoms with E-state index < -0.39 is 23.5 Å². The zero-order chi connectivity index (χ0) is 15.1. The summed E-state index contributed by atoms with van der Waals surface area (Å²) >= 11 is 0. The van der Waals surface area contributed by atoms with Crippen molar-refractivity contribution < 1.29 is 19.1 Å². The normalized spacial score (nSPS) is 13.0. The second kappa shape index (κ2) is 8.02. The lowest BCUT2D eigenvalue weighted by atomic mass is 9.87. The van der Waals surface area contributed by atoms with E-state index in [1.54, 1.807) is 0 Å². The van der Waals surface area contributed by atoms with E-state index in [9.17, 15) is 9.59 Å². The van der Waals surface area contributed by atoms with E-state index in [0.29, 0.717) is 12.5 Å². The van der Waals surface area contributed by atoms with E-state index in [0.717, 1.165) is 12.8 Å². The minimum Gasteiger partial charge on any atom is -0.464 e. The van der Waals surface area contributed by atoms with Gasteiger partial charge in [0.1, 0.15) is 6.04 Å². The van der Waals surface area contributed by atoms with E-state index in [1.807, 2.05) is 20.8 Å². The molecule has 0 heterocycles. The maximum atomic E-state index is 12.0. The highest BCUT2D eigenvalue weighted by molar-refractivity contribution is 5.82. The van der Waals surface area contributed by atoms with E-state index in [4.69, 9.17) is 4.74 Å². The minimum atomic E-state index is -0.709. The lowest BCUT2D eigenvalue weighted by molar-refractivity contribution is -0.149. The fourth-order valence-electron chi connectivity index (χ4n) is 1.55. The van der Waals surface area contributed by atoms with Gasteiger partial charge in [0.25, 0.3) is 0 Å². The highest BCUT2D eigenvalue weighted by Gasteiger charge is 2.34. The van der Waals surface area contributed by atoms with E-state index in [2.05, 4.69) is 23.9 Å². The Kier molecular flexibility index (Phi) is 7.49. The van der Waals surface area contributed by atoms with Crippen molar-refractivity contribution in [2.75, 3.05) is 13.7 Å². The summed E-state index contributed by atoms with van der Waals surface area (Å²) in [5.74, 6) is 0.173. The molecule has 19 heavy (non-hydrogen) atoms. The number of ether oxygens (including phenoxy) is 2. The maximum absolute atomic E-state index is 12.0. The van der Waals surface area contributed by atoms with Crippen LogP contribution in [0.3, 0.4) is 0 Å². The molecule has 5 heteroatoms. The molecule has 0 radical (unpaired) electrons. The number of methoxy groups -OCH3 is 1. The average Bonchev–Trinajstić information content (AvgIpc) is 2.29. The summed E-state index contributed by atoms with van der Waals surface area (Å²) in [6.45, 7) is 10.2. The van der Waals surface area contributed by atoms with Crippen LogP contribution in [0.2, 0.25) is 0 Å². The van der Waals surface area contributed by atoms with Gasteiger partial charge in [-0.05, 0) is 24.2 Å². The van der Waals surface area contributed by atoms with Crippen LogP contribution < -0.4 is 5.32 Å². The number of amides is 1. The van der Waals surface area contributed by atoms with E-state index in [1.165, 1.54) is 7.11 Å². The van der Waals surface area contributed by atoms with Crippen LogP contribution in [0.15, 0.2) is 0 Å². The monoisotopic (exact) mass is 273 g/mol. The second-order valence-electron chi connectivity index (χ2n) is 6.14. The van der Waals surface area contributed by atoms with Crippen LogP contribution in [0.25, 0.3) is 0 Å². The highest BCUT2D eigenvalue weighted by atomic mass is 16.5. The summed E-state index contributed by atoms with van der Waals surface area (Å²) in [4.78, 5) is 23.2. The van der Waals surface area contributed by atoms with Gasteiger partial charge in [-0.25, -0.2) is 9.59 Å². The highest BCUT2D eigenvalue weighted by Crippen LogP contribution is 2.20. The molecule has 0 bridgehead atoms. The number of hydrogen-bond donors (Lipinski definition) is 1. The molecule has 0 aliphatic carbocycles. The van der Waals surface area contributed by atoms with Crippen molar-refractivity contribution in [3.8, 4) is 0 Å². The van der Waals surface area contributed by atoms with Crippen molar-refractivity contribution in [3.63, 3.8) is 0 Å². The summed E-state index contributed by atoms with van der Waals surface area (Å²) in [5, 5.41) is 2.52. The number of hydrogen-bond acceptors (Lipinski definition) is 4. The van der Waals surface area contributed by atoms with Crippen molar-refractivity contribution >= 4 is 12.1 Å². The second-order valence-corrected chi connectivity index (χ2v) is 6.14. The zero-order valence-corrected chi connectivity index (χ0v) is 12.9. The van der Waals surface area contributed by atoms with Crippen LogP contribution >= 0.6 is 0 Å². The first-order chi connectivity index (χ1) is 8.68. The molecule has 0 spiro atoms. The SMILES string of the molecule is COC(=O)NC(C(=O)OCCCC(C)C)C(C)(C)C. The molecule has 0 aromatic carbocycles. The smallest absolute Gasteiger partial charge is 0.407 e. The topological polar surface area (TPSA) is 64.6 Å². The van der Waals surface area contributed by atoms with Crippen molar-refractivity contribution in [3.05, 3.63) is 0 Å². The van der Waals surface area contributed by atoms with Crippen molar-refractivity contribution in [1.82, 2.24) is 5.32 Å². The van der Waals surface area contributed by atoms with Gasteiger partial charge in [0, 0.05) is 0 Å². The molecule has 0 rings (SSSR count). The largest absolute Gasteiger partial charge is 0.464 e. The molecule has 0 aromatic heterocycles. The zero-order valence-electron chi connectivity index (χ0n) is 12.9. The molecule has 0 saturated heterocycles. The van der Waals surface area contributed by atoms with Gasteiger partial charge in [-0.2, -0.15) is 0 Å². The van der Waals surface area contributed by atoms with Gasteiger partial charge in [0.2, 0.25) is 0 Å². The Morgan fingerprint density at radius 3 is 2.21 bits per heavy atom. The molecular weight excluding hydrogens is 246 g/mol. The Bertz CT molecular complexity index is 294. The van der Waals surface area contributed by atoms with Gasteiger partial charge >= 0.3 is 12.1 Å². The minimum absolute atomic E-state index is 0.381. The summed E-state index contributed by atoms with van der Waals surface area (Å²) in [6, 6.07) is -0.709. The Labute approximate surface area is 116 Å². The fourth-order valence-corrected chi connectivity index (χ4v) is 1.55. The van der Waals surface area contributed by atoms with E-state index in [-0.39, 0.29) is 0 Å². The summed E-state index contributed by atoms with van der Waals surface area (Å²) in [7, 11) is 1.27. The van der Waals surface area contributed by atoms with Gasteiger partial charge < -0.3 is 14.8 Å². The fraction of sp³-hybridized carbons (Fsp3) is 0.857. The molecule has 1 atom stereocenters. The molecule has 1 unspecified atom stereocenters. The molecule has 0 aliphatic heterocycles. The van der Waals surface area contributed by atoms with Crippen LogP contribution in [0, 0.1) is 11.3 Å². The molecule has 1 amide bonds. The van der Waals surface area contributed by atoms with Gasteiger partial charge in [-0.3, -0.25) is 0 Å². The number of carbonyl (C=O) groups is 2. The molecule has 0 aliphatic rings. The molecular formula is C14H27NO4. The third-order valence-electron chi connectivity index (χ3n) is 2.72. The lowest BCUT2D eigenvalue weighted by Gasteiger charge is -2.28. The quantitative estimate of drug-likeness (QED) is 0.597. The van der Waals surface area contributed by atoms with Crippen LogP contribution in [-0.4, -0.2) is 31.8 Å². The third-order valence-corrected chi connectivity index (χ3v) is 2.72. The number of nitrogens with one attached hydrogen (secondary N) is 1. The molecule has 112 valence electrons. The number of alkyl carbamates (subject to hydrolysis) is 1. The Balaban J connectivity index is 4.36. The van der Waals surface area contributed by atoms with Crippen molar-refractivity contribution in [2.24, 2.45) is 11.3 Å². The van der Waals surface area contributed by atoms with Gasteiger partial charge in [0.15, 0.2) is 0 Å². The first-order valence-electron chi connectivity index (χ1n) is 6.69. The Hall–Kier alpha value is -1.26. The molecule has 0 fully saturated rings. The van der Waals surface area contributed by atoms with Crippen LogP contribution in [0.5, 0.6) is 0 Å². The maximum Gasteiger partial charge on any atom is 0.407 e. The van der Waals surface area contributed by atoms with Gasteiger partial charge in [0.05, 0.1) is 13.7 Å². The van der Waals surface area contributed by atoms with Gasteiger partial charge in [-0.15, -0.1) is 0 Å². The van der Waals surface area contributed by atoms with Crippen LogP contribution in [0.1, 0.15) is 47.5 Å². The summed E-state index contributed by atoms with van der Waals surface area (Å²) < 4.78 is 9.74. The number of rotatable bonds is 6. The summed E-state index contributed by atoms with van der Waals surface area (Å²) in [5.41, 5.74) is -0.427. The van der Waals surface area contributed by atoms with Crippen LogP contribution in [0.4, 0.5) is 4.79 Å². The molecule has 0 saturated carbocycles. The lowest BCUT2D eigenvalue weighted by Crippen LogP contribution is -2.49. The predicted octanol–water partition coefficient (Wildman–Crippen LogP) is 2.74. The third kappa shape index (κ3) is 7.70. The first kappa shape index (κ1) is 17.7. The first-order valence-corrected chi connectivity index (χ1v) is 6.69. The predicted molar refractivity (Wildman–Crippen MR) is 73.8 cm³/mol. The Morgan fingerprint density at radius 1 is 1.21 bits per heavy atom. The molecule has 5 nitrogen and oxygen atoms in total.